The predicted octanol–water partition coefficient (Wildman–Crippen LogP) is 27.0. The van der Waals surface area contributed by atoms with Crippen molar-refractivity contribution in [3.05, 3.63) is 197 Å². The molecular formula is C88H108O. The average molecular weight is 1180 g/mol. The predicted molar refractivity (Wildman–Crippen MR) is 386 cm³/mol. The molecule has 0 radical (unpaired) electrons. The maximum Gasteiger partial charge on any atom is 0.118 e. The Labute approximate surface area is 540 Å². The third-order valence-corrected chi connectivity index (χ3v) is 22.0. The molecule has 0 amide bonds. The lowest BCUT2D eigenvalue weighted by Gasteiger charge is -2.34. The van der Waals surface area contributed by atoms with Gasteiger partial charge in [0.1, 0.15) is 5.75 Å². The highest BCUT2D eigenvalue weighted by molar-refractivity contribution is 5.91. The summed E-state index contributed by atoms with van der Waals surface area (Å²) in [6.07, 6.45) is 37.9. The maximum atomic E-state index is 5.62. The van der Waals surface area contributed by atoms with Crippen molar-refractivity contribution in [3.63, 3.8) is 0 Å². The van der Waals surface area contributed by atoms with Gasteiger partial charge in [0.15, 0.2) is 0 Å². The van der Waals surface area contributed by atoms with Crippen molar-refractivity contribution in [1.29, 1.82) is 0 Å². The molecule has 0 saturated carbocycles. The van der Waals surface area contributed by atoms with Crippen molar-refractivity contribution in [3.8, 4) is 83.6 Å². The summed E-state index contributed by atoms with van der Waals surface area (Å²) in [4.78, 5) is 0. The van der Waals surface area contributed by atoms with Gasteiger partial charge in [-0.15, -0.1) is 0 Å². The summed E-state index contributed by atoms with van der Waals surface area (Å²) in [5.41, 5.74) is 28.9. The normalized spacial score (nSPS) is 14.3. The minimum absolute atomic E-state index is 0.0110. The van der Waals surface area contributed by atoms with Crippen molar-refractivity contribution in [2.24, 2.45) is 0 Å². The Hall–Kier alpha value is -6.44. The molecular weight excluding hydrogens is 1070 g/mol. The zero-order valence-corrected chi connectivity index (χ0v) is 56.2. The average Bonchev–Trinajstić information content (AvgIpc) is 1.60. The SMILES string of the molecule is CCCCCCC1(CCCCCC)c2cc(-c3ccccc3)ccc2-c2ccc(-c3ccc4c(c3)C(CCCCCC)(CCCCCC)c3cc(-c5ccc6c(c5)C(CCCCCC)(CCCCCC)c5cc(-c7ccc(OC)cc7)ccc5-6)ccc3-4)cc21. The Kier molecular flexibility index (Phi) is 21.7. The molecule has 0 aromatic heterocycles. The number of hydrogen-bond acceptors (Lipinski definition) is 1. The first-order chi connectivity index (χ1) is 43.8. The van der Waals surface area contributed by atoms with Gasteiger partial charge in [0.05, 0.1) is 7.11 Å². The van der Waals surface area contributed by atoms with Gasteiger partial charge in [-0.05, 0) is 198 Å². The van der Waals surface area contributed by atoms with Crippen LogP contribution in [0.25, 0.3) is 77.9 Å². The molecule has 1 nitrogen and oxygen atoms in total. The van der Waals surface area contributed by atoms with Crippen LogP contribution in [0.4, 0.5) is 0 Å². The third-order valence-electron chi connectivity index (χ3n) is 22.0. The fourth-order valence-electron chi connectivity index (χ4n) is 17.1. The van der Waals surface area contributed by atoms with Crippen molar-refractivity contribution >= 4 is 0 Å². The summed E-state index contributed by atoms with van der Waals surface area (Å²) < 4.78 is 5.62. The molecule has 0 atom stereocenters. The van der Waals surface area contributed by atoms with Crippen molar-refractivity contribution < 1.29 is 4.74 Å². The van der Waals surface area contributed by atoms with Gasteiger partial charge in [-0.25, -0.2) is 0 Å². The number of unbranched alkanes of at least 4 members (excludes halogenated alkanes) is 18. The van der Waals surface area contributed by atoms with Gasteiger partial charge < -0.3 is 4.74 Å². The number of rotatable bonds is 35. The molecule has 11 rings (SSSR count). The Morgan fingerprint density at radius 1 is 0.225 bits per heavy atom. The van der Waals surface area contributed by atoms with E-state index in [2.05, 4.69) is 205 Å². The van der Waals surface area contributed by atoms with Crippen LogP contribution >= 0.6 is 0 Å². The summed E-state index contributed by atoms with van der Waals surface area (Å²) in [6.45, 7) is 14.2. The number of ether oxygens (including phenoxy) is 1. The van der Waals surface area contributed by atoms with Crippen molar-refractivity contribution in [2.45, 2.75) is 250 Å². The van der Waals surface area contributed by atoms with Crippen LogP contribution in [-0.2, 0) is 16.2 Å². The van der Waals surface area contributed by atoms with Gasteiger partial charge in [0, 0.05) is 16.2 Å². The molecule has 89 heavy (non-hydrogen) atoms. The molecule has 0 saturated heterocycles. The second-order valence-electron chi connectivity index (χ2n) is 27.8. The second-order valence-corrected chi connectivity index (χ2v) is 27.8. The van der Waals surface area contributed by atoms with E-state index in [4.69, 9.17) is 4.74 Å². The van der Waals surface area contributed by atoms with E-state index in [1.165, 1.54) is 271 Å². The van der Waals surface area contributed by atoms with E-state index in [9.17, 15) is 0 Å². The fraction of sp³-hybridized carbons (Fsp3) is 0.455. The van der Waals surface area contributed by atoms with Crippen LogP contribution in [0.2, 0.25) is 0 Å². The maximum absolute atomic E-state index is 5.62. The molecule has 0 N–H and O–H groups in total. The number of fused-ring (bicyclic) bond motifs is 9. The van der Waals surface area contributed by atoms with Gasteiger partial charge in [0.2, 0.25) is 0 Å². The standard InChI is InChI=1S/C88H108O/c1-8-14-20-29-53-86(54-30-21-15-9-2)80-59-67(65-35-27-26-28-36-65)39-47-74(80)76-49-41-69(61-82(76)86)71-43-51-78-79-52-44-72(64-85(79)88(84(78)63-71,57-33-24-18-12-5)58-34-25-19-13-6)70-42-50-77-75-48-40-68(66-37-45-73(89-7)46-38-66)60-81(75)87(83(77)62-70,55-31-22-16-10-3)56-32-23-17-11-4/h26-28,35-52,59-64H,8-25,29-34,53-58H2,1-7H3. The van der Waals surface area contributed by atoms with Crippen LogP contribution in [-0.4, -0.2) is 7.11 Å². The van der Waals surface area contributed by atoms with Crippen molar-refractivity contribution in [2.75, 3.05) is 7.11 Å². The molecule has 0 fully saturated rings. The lowest BCUT2D eigenvalue weighted by molar-refractivity contribution is 0.400. The summed E-state index contributed by atoms with van der Waals surface area (Å²) >= 11 is 0. The molecule has 0 heterocycles. The van der Waals surface area contributed by atoms with Gasteiger partial charge >= 0.3 is 0 Å². The monoisotopic (exact) mass is 1180 g/mol. The summed E-state index contributed by atoms with van der Waals surface area (Å²) in [5.74, 6) is 0.906. The van der Waals surface area contributed by atoms with E-state index in [0.717, 1.165) is 5.75 Å². The smallest absolute Gasteiger partial charge is 0.118 e. The molecule has 466 valence electrons. The fourth-order valence-corrected chi connectivity index (χ4v) is 17.1. The van der Waals surface area contributed by atoms with E-state index in [1.54, 1.807) is 40.5 Å². The van der Waals surface area contributed by atoms with Gasteiger partial charge in [-0.1, -0.05) is 311 Å². The summed E-state index contributed by atoms with van der Waals surface area (Å²) in [6, 6.07) is 66.0. The van der Waals surface area contributed by atoms with Gasteiger partial charge in [-0.3, -0.25) is 0 Å². The van der Waals surface area contributed by atoms with E-state index < -0.39 is 0 Å². The van der Waals surface area contributed by atoms with Crippen LogP contribution in [0, 0.1) is 0 Å². The first-order valence-corrected chi connectivity index (χ1v) is 36.4. The summed E-state index contributed by atoms with van der Waals surface area (Å²) in [5, 5.41) is 0. The minimum atomic E-state index is -0.0611. The van der Waals surface area contributed by atoms with Crippen LogP contribution < -0.4 is 4.74 Å². The van der Waals surface area contributed by atoms with Crippen LogP contribution in [0.15, 0.2) is 164 Å². The lowest BCUT2D eigenvalue weighted by atomic mass is 9.69. The molecule has 0 aliphatic heterocycles. The van der Waals surface area contributed by atoms with Crippen LogP contribution in [0.5, 0.6) is 5.75 Å². The largest absolute Gasteiger partial charge is 0.497 e. The minimum Gasteiger partial charge on any atom is -0.497 e. The Morgan fingerprint density at radius 2 is 0.438 bits per heavy atom. The van der Waals surface area contributed by atoms with Crippen LogP contribution in [0.1, 0.15) is 268 Å². The highest BCUT2D eigenvalue weighted by Crippen LogP contribution is 2.60. The first-order valence-electron chi connectivity index (χ1n) is 36.4. The first kappa shape index (κ1) is 64.1. The van der Waals surface area contributed by atoms with Gasteiger partial charge in [-0.2, -0.15) is 0 Å². The zero-order valence-electron chi connectivity index (χ0n) is 56.2. The van der Waals surface area contributed by atoms with E-state index in [0.29, 0.717) is 0 Å². The Morgan fingerprint density at radius 3 is 0.663 bits per heavy atom. The molecule has 1 heteroatoms. The van der Waals surface area contributed by atoms with E-state index in [1.807, 2.05) is 0 Å². The molecule has 0 unspecified atom stereocenters. The lowest BCUT2D eigenvalue weighted by Crippen LogP contribution is -2.26. The van der Waals surface area contributed by atoms with E-state index >= 15 is 0 Å². The Balaban J connectivity index is 1.03. The third kappa shape index (κ3) is 13.2. The number of methoxy groups -OCH3 is 1. The quantitative estimate of drug-likeness (QED) is 0.0360. The molecule has 3 aliphatic rings. The molecule has 3 aliphatic carbocycles. The molecule has 8 aromatic carbocycles. The van der Waals surface area contributed by atoms with Crippen LogP contribution in [0.3, 0.4) is 0 Å². The van der Waals surface area contributed by atoms with Gasteiger partial charge in [0.25, 0.3) is 0 Å². The number of benzene rings is 8. The zero-order chi connectivity index (χ0) is 61.6. The number of hydrogen-bond donors (Lipinski definition) is 0. The summed E-state index contributed by atoms with van der Waals surface area (Å²) in [7, 11) is 1.77. The topological polar surface area (TPSA) is 9.23 Å². The molecule has 8 aromatic rings. The Bertz CT molecular complexity index is 3550. The van der Waals surface area contributed by atoms with E-state index in [-0.39, 0.29) is 16.2 Å². The highest BCUT2D eigenvalue weighted by Gasteiger charge is 2.46. The molecule has 0 bridgehead atoms. The second kappa shape index (κ2) is 30.1. The van der Waals surface area contributed by atoms with Crippen molar-refractivity contribution in [1.82, 2.24) is 0 Å². The highest BCUT2D eigenvalue weighted by atomic mass is 16.5. The molecule has 0 spiro atoms.